The number of para-hydroxylation sites is 1. The van der Waals surface area contributed by atoms with Crippen molar-refractivity contribution in [1.82, 2.24) is 0 Å². The number of benzene rings is 2. The van der Waals surface area contributed by atoms with Gasteiger partial charge in [0.05, 0.1) is 4.90 Å². The first-order chi connectivity index (χ1) is 13.0. The molecular weight excluding hydrogens is 383 g/mol. The number of hydrogen-bond donors (Lipinski definition) is 0. The first-order valence-electron chi connectivity index (χ1n) is 9.82. The fourth-order valence-corrected chi connectivity index (χ4v) is 3.65. The molecule has 0 aliphatic carbocycles. The molecule has 2 rings (SSSR count). The van der Waals surface area contributed by atoms with Gasteiger partial charge >= 0.3 is 29.6 Å². The van der Waals surface area contributed by atoms with Crippen LogP contribution in [0.4, 0.5) is 0 Å². The second kappa shape index (κ2) is 13.4. The van der Waals surface area contributed by atoms with Crippen LogP contribution in [0.5, 0.6) is 11.5 Å². The van der Waals surface area contributed by atoms with Gasteiger partial charge in [-0.1, -0.05) is 76.1 Å². The molecule has 0 aliphatic rings. The van der Waals surface area contributed by atoms with Crippen LogP contribution in [0.2, 0.25) is 0 Å². The molecule has 0 atom stereocenters. The smallest absolute Gasteiger partial charge is 0.744 e. The first-order valence-corrected chi connectivity index (χ1v) is 11.2. The van der Waals surface area contributed by atoms with Gasteiger partial charge in [-0.3, -0.25) is 0 Å². The number of rotatable bonds is 12. The zero-order valence-corrected chi connectivity index (χ0v) is 19.8. The standard InChI is InChI=1S/C22H30O4S.Na/c1-2-3-4-5-6-7-8-10-13-19-16-17-22(27(23,24)25)21(18-19)26-20-14-11-9-12-15-20;/h9,11-12,14-18H,2-8,10,13H2,1H3,(H,23,24,25);/q;+1/p-1. The number of ether oxygens (including phenoxy) is 1. The van der Waals surface area contributed by atoms with Gasteiger partial charge in [0, 0.05) is 0 Å². The van der Waals surface area contributed by atoms with E-state index < -0.39 is 10.1 Å². The topological polar surface area (TPSA) is 66.4 Å². The second-order valence-corrected chi connectivity index (χ2v) is 8.22. The Balaban J connectivity index is 0.00000392. The minimum atomic E-state index is -4.59. The van der Waals surface area contributed by atoms with Crippen molar-refractivity contribution in [2.24, 2.45) is 0 Å². The van der Waals surface area contributed by atoms with Crippen LogP contribution in [-0.2, 0) is 16.5 Å². The summed E-state index contributed by atoms with van der Waals surface area (Å²) in [6.45, 7) is 2.22. The average molecular weight is 413 g/mol. The van der Waals surface area contributed by atoms with E-state index in [-0.39, 0.29) is 40.2 Å². The molecule has 0 spiro atoms. The molecule has 0 fully saturated rings. The Bertz CT molecular complexity index is 791. The summed E-state index contributed by atoms with van der Waals surface area (Å²) in [6.07, 6.45) is 10.8. The Morgan fingerprint density at radius 2 is 1.46 bits per heavy atom. The minimum absolute atomic E-state index is 0. The van der Waals surface area contributed by atoms with Crippen molar-refractivity contribution >= 4 is 10.1 Å². The van der Waals surface area contributed by atoms with Crippen molar-refractivity contribution in [2.45, 2.75) is 69.6 Å². The van der Waals surface area contributed by atoms with Gasteiger partial charge in [0.2, 0.25) is 0 Å². The van der Waals surface area contributed by atoms with E-state index in [1.165, 1.54) is 44.6 Å². The van der Waals surface area contributed by atoms with Gasteiger partial charge in [-0.05, 0) is 42.7 Å². The van der Waals surface area contributed by atoms with Crippen LogP contribution in [0.25, 0.3) is 0 Å². The van der Waals surface area contributed by atoms with Crippen molar-refractivity contribution < 1.29 is 47.3 Å². The molecule has 148 valence electrons. The van der Waals surface area contributed by atoms with Crippen LogP contribution < -0.4 is 34.3 Å². The molecule has 4 nitrogen and oxygen atoms in total. The number of unbranched alkanes of at least 4 members (excludes halogenated alkanes) is 7. The van der Waals surface area contributed by atoms with Crippen LogP contribution in [-0.4, -0.2) is 13.0 Å². The quantitative estimate of drug-likeness (QED) is 0.305. The van der Waals surface area contributed by atoms with Crippen LogP contribution in [0.1, 0.15) is 63.9 Å². The summed E-state index contributed by atoms with van der Waals surface area (Å²) in [5.41, 5.74) is 0.985. The third-order valence-electron chi connectivity index (χ3n) is 4.57. The van der Waals surface area contributed by atoms with E-state index in [0.29, 0.717) is 5.75 Å². The summed E-state index contributed by atoms with van der Waals surface area (Å²) in [5, 5.41) is 0. The molecule has 0 aliphatic heterocycles. The van der Waals surface area contributed by atoms with E-state index >= 15 is 0 Å². The van der Waals surface area contributed by atoms with E-state index in [1.807, 2.05) is 6.07 Å². The second-order valence-electron chi connectivity index (χ2n) is 6.88. The molecule has 0 saturated carbocycles. The van der Waals surface area contributed by atoms with Gasteiger partial charge in [0.25, 0.3) is 0 Å². The van der Waals surface area contributed by atoms with Gasteiger partial charge in [0.15, 0.2) is 0 Å². The van der Waals surface area contributed by atoms with E-state index in [0.717, 1.165) is 24.8 Å². The Kier molecular flexibility index (Phi) is 12.0. The largest absolute Gasteiger partial charge is 1.00 e. The zero-order valence-electron chi connectivity index (χ0n) is 17.0. The van der Waals surface area contributed by atoms with Crippen LogP contribution in [0.15, 0.2) is 53.4 Å². The van der Waals surface area contributed by atoms with Crippen LogP contribution in [0.3, 0.4) is 0 Å². The van der Waals surface area contributed by atoms with Crippen LogP contribution >= 0.6 is 0 Å². The molecule has 0 unspecified atom stereocenters. The van der Waals surface area contributed by atoms with Gasteiger partial charge in [-0.2, -0.15) is 0 Å². The van der Waals surface area contributed by atoms with Crippen molar-refractivity contribution in [3.8, 4) is 11.5 Å². The predicted molar refractivity (Wildman–Crippen MR) is 107 cm³/mol. The fourth-order valence-electron chi connectivity index (χ4n) is 3.07. The summed E-state index contributed by atoms with van der Waals surface area (Å²) >= 11 is 0. The average Bonchev–Trinajstić information content (AvgIpc) is 2.64. The number of aryl methyl sites for hydroxylation is 1. The van der Waals surface area contributed by atoms with E-state index in [2.05, 4.69) is 6.92 Å². The molecular formula is C22H29NaO4S. The molecule has 28 heavy (non-hydrogen) atoms. The molecule has 6 heteroatoms. The third kappa shape index (κ3) is 9.10. The molecule has 2 aromatic rings. The molecule has 0 amide bonds. The van der Waals surface area contributed by atoms with E-state index in [9.17, 15) is 13.0 Å². The van der Waals surface area contributed by atoms with Gasteiger partial charge < -0.3 is 9.29 Å². The maximum Gasteiger partial charge on any atom is 1.00 e. The molecule has 2 aromatic carbocycles. The maximum atomic E-state index is 11.5. The normalized spacial score (nSPS) is 11.1. The molecule has 0 saturated heterocycles. The monoisotopic (exact) mass is 412 g/mol. The van der Waals surface area contributed by atoms with E-state index in [4.69, 9.17) is 4.74 Å². The van der Waals surface area contributed by atoms with Crippen molar-refractivity contribution in [2.75, 3.05) is 0 Å². The van der Waals surface area contributed by atoms with Gasteiger partial charge in [-0.25, -0.2) is 8.42 Å². The molecule has 0 radical (unpaired) electrons. The maximum absolute atomic E-state index is 11.5. The summed E-state index contributed by atoms with van der Waals surface area (Å²) in [4.78, 5) is -0.314. The fraction of sp³-hybridized carbons (Fsp3) is 0.455. The van der Waals surface area contributed by atoms with E-state index in [1.54, 1.807) is 36.4 Å². The minimum Gasteiger partial charge on any atom is -0.744 e. The van der Waals surface area contributed by atoms with Crippen molar-refractivity contribution in [3.63, 3.8) is 0 Å². The van der Waals surface area contributed by atoms with Gasteiger partial charge in [0.1, 0.15) is 21.6 Å². The Labute approximate surface area is 191 Å². The Morgan fingerprint density at radius 3 is 2.07 bits per heavy atom. The third-order valence-corrected chi connectivity index (χ3v) is 5.44. The predicted octanol–water partition coefficient (Wildman–Crippen LogP) is 3.07. The van der Waals surface area contributed by atoms with Crippen molar-refractivity contribution in [3.05, 3.63) is 54.1 Å². The first kappa shape index (κ1) is 25.2. The molecule has 0 N–H and O–H groups in total. The summed E-state index contributed by atoms with van der Waals surface area (Å²) < 4.78 is 40.3. The SMILES string of the molecule is CCCCCCCCCCc1ccc(S(=O)(=O)[O-])c(Oc2ccccc2)c1.[Na+]. The molecule has 0 aromatic heterocycles. The molecule has 0 bridgehead atoms. The summed E-state index contributed by atoms with van der Waals surface area (Å²) in [5.74, 6) is 0.611. The molecule has 0 heterocycles. The summed E-state index contributed by atoms with van der Waals surface area (Å²) in [6, 6.07) is 13.6. The van der Waals surface area contributed by atoms with Gasteiger partial charge in [-0.15, -0.1) is 0 Å². The number of hydrogen-bond acceptors (Lipinski definition) is 4. The Morgan fingerprint density at radius 1 is 0.857 bits per heavy atom. The van der Waals surface area contributed by atoms with Crippen molar-refractivity contribution in [1.29, 1.82) is 0 Å². The summed E-state index contributed by atoms with van der Waals surface area (Å²) in [7, 11) is -4.59. The Hall–Kier alpha value is -0.850. The van der Waals surface area contributed by atoms with Crippen LogP contribution in [0, 0.1) is 0 Å². The zero-order chi connectivity index (χ0) is 19.5.